The lowest BCUT2D eigenvalue weighted by Gasteiger charge is -2.20. The zero-order valence-corrected chi connectivity index (χ0v) is 9.34. The summed E-state index contributed by atoms with van der Waals surface area (Å²) in [6, 6.07) is 0.808. The third-order valence-electron chi connectivity index (χ3n) is 3.05. The van der Waals surface area contributed by atoms with E-state index in [1.54, 1.807) is 0 Å². The molecule has 0 spiro atoms. The van der Waals surface area contributed by atoms with Gasteiger partial charge in [0.1, 0.15) is 0 Å². The normalized spacial score (nSPS) is 25.4. The molecule has 0 aromatic rings. The number of hydrogen-bond acceptors (Lipinski definition) is 2. The van der Waals surface area contributed by atoms with Gasteiger partial charge in [-0.15, -0.1) is 0 Å². The highest BCUT2D eigenvalue weighted by molar-refractivity contribution is 4.79. The van der Waals surface area contributed by atoms with Gasteiger partial charge >= 0.3 is 0 Å². The maximum atomic E-state index is 3.58. The van der Waals surface area contributed by atoms with E-state index < -0.39 is 0 Å². The first-order valence-corrected chi connectivity index (χ1v) is 5.58. The lowest BCUT2D eigenvalue weighted by molar-refractivity contribution is 0.339. The molecule has 2 heteroatoms. The minimum atomic E-state index is 0.808. The summed E-state index contributed by atoms with van der Waals surface area (Å²) in [6.45, 7) is 4.86. The van der Waals surface area contributed by atoms with Crippen LogP contribution in [0.1, 0.15) is 32.6 Å². The first-order chi connectivity index (χ1) is 6.20. The van der Waals surface area contributed by atoms with E-state index in [1.165, 1.54) is 38.8 Å². The summed E-state index contributed by atoms with van der Waals surface area (Å²) in [5, 5.41) is 3.58. The van der Waals surface area contributed by atoms with Gasteiger partial charge < -0.3 is 10.2 Å². The molecular formula is C11H24N2. The molecule has 1 rings (SSSR count). The maximum Gasteiger partial charge on any atom is 0.00931 e. The molecule has 0 aromatic carbocycles. The Morgan fingerprint density at radius 1 is 1.46 bits per heavy atom. The van der Waals surface area contributed by atoms with Crippen molar-refractivity contribution in [2.45, 2.75) is 38.6 Å². The maximum absolute atomic E-state index is 3.58. The second kappa shape index (κ2) is 5.61. The highest BCUT2D eigenvalue weighted by Gasteiger charge is 2.19. The summed E-state index contributed by atoms with van der Waals surface area (Å²) in [4.78, 5) is 2.27. The van der Waals surface area contributed by atoms with Crippen molar-refractivity contribution in [3.05, 3.63) is 0 Å². The minimum absolute atomic E-state index is 0.808. The molecule has 1 saturated heterocycles. The van der Waals surface area contributed by atoms with Gasteiger partial charge in [0, 0.05) is 6.04 Å². The van der Waals surface area contributed by atoms with Crippen LogP contribution in [0.2, 0.25) is 0 Å². The van der Waals surface area contributed by atoms with Gasteiger partial charge in [-0.3, -0.25) is 0 Å². The minimum Gasteiger partial charge on any atom is -0.314 e. The van der Waals surface area contributed by atoms with Gasteiger partial charge in [-0.2, -0.15) is 0 Å². The molecule has 0 aromatic heterocycles. The molecule has 0 aliphatic carbocycles. The molecule has 0 bridgehead atoms. The lowest BCUT2D eigenvalue weighted by atomic mass is 9.95. The van der Waals surface area contributed by atoms with E-state index in [9.17, 15) is 0 Å². The third-order valence-corrected chi connectivity index (χ3v) is 3.05. The van der Waals surface area contributed by atoms with Gasteiger partial charge in [0.15, 0.2) is 0 Å². The Balaban J connectivity index is 2.06. The van der Waals surface area contributed by atoms with Crippen LogP contribution < -0.4 is 5.32 Å². The van der Waals surface area contributed by atoms with Crippen molar-refractivity contribution in [3.63, 3.8) is 0 Å². The molecule has 2 atom stereocenters. The standard InChI is InChI=1S/C11H24N2/c1-10(6-5-9-13(2)3)11-7-4-8-12-11/h10-12H,4-9H2,1-3H3. The summed E-state index contributed by atoms with van der Waals surface area (Å²) in [5.74, 6) is 0.863. The Morgan fingerprint density at radius 2 is 2.23 bits per heavy atom. The zero-order chi connectivity index (χ0) is 9.68. The van der Waals surface area contributed by atoms with Crippen molar-refractivity contribution in [1.29, 1.82) is 0 Å². The Labute approximate surface area is 82.7 Å². The Kier molecular flexibility index (Phi) is 4.74. The fourth-order valence-electron chi connectivity index (χ4n) is 2.13. The molecule has 1 aliphatic rings. The largest absolute Gasteiger partial charge is 0.314 e. The van der Waals surface area contributed by atoms with Crippen LogP contribution in [-0.2, 0) is 0 Å². The van der Waals surface area contributed by atoms with Crippen LogP contribution in [0.5, 0.6) is 0 Å². The van der Waals surface area contributed by atoms with Crippen molar-refractivity contribution in [2.24, 2.45) is 5.92 Å². The van der Waals surface area contributed by atoms with E-state index in [-0.39, 0.29) is 0 Å². The molecule has 1 N–H and O–H groups in total. The summed E-state index contributed by atoms with van der Waals surface area (Å²) >= 11 is 0. The predicted octanol–water partition coefficient (Wildman–Crippen LogP) is 1.72. The third kappa shape index (κ3) is 4.10. The smallest absolute Gasteiger partial charge is 0.00931 e. The van der Waals surface area contributed by atoms with Crippen LogP contribution in [0.3, 0.4) is 0 Å². The molecule has 1 fully saturated rings. The highest BCUT2D eigenvalue weighted by atomic mass is 15.0. The number of nitrogens with one attached hydrogen (secondary N) is 1. The van der Waals surface area contributed by atoms with Crippen LogP contribution in [0.4, 0.5) is 0 Å². The summed E-state index contributed by atoms with van der Waals surface area (Å²) in [5.41, 5.74) is 0. The van der Waals surface area contributed by atoms with E-state index >= 15 is 0 Å². The number of rotatable bonds is 5. The van der Waals surface area contributed by atoms with Crippen molar-refractivity contribution < 1.29 is 0 Å². The summed E-state index contributed by atoms with van der Waals surface area (Å²) in [7, 11) is 4.30. The SMILES string of the molecule is CC(CCCN(C)C)C1CCCN1. The van der Waals surface area contributed by atoms with Gasteiger partial charge in [0.25, 0.3) is 0 Å². The Bertz CT molecular complexity index is 128. The van der Waals surface area contributed by atoms with E-state index in [2.05, 4.69) is 31.2 Å². The van der Waals surface area contributed by atoms with Crippen LogP contribution in [0, 0.1) is 5.92 Å². The fourth-order valence-corrected chi connectivity index (χ4v) is 2.13. The van der Waals surface area contributed by atoms with Crippen molar-refractivity contribution >= 4 is 0 Å². The van der Waals surface area contributed by atoms with Crippen molar-refractivity contribution in [1.82, 2.24) is 10.2 Å². The second-order valence-electron chi connectivity index (χ2n) is 4.63. The van der Waals surface area contributed by atoms with Crippen LogP contribution in [0.25, 0.3) is 0 Å². The monoisotopic (exact) mass is 184 g/mol. The lowest BCUT2D eigenvalue weighted by Crippen LogP contribution is -2.29. The molecule has 0 radical (unpaired) electrons. The second-order valence-corrected chi connectivity index (χ2v) is 4.63. The topological polar surface area (TPSA) is 15.3 Å². The van der Waals surface area contributed by atoms with E-state index in [4.69, 9.17) is 0 Å². The highest BCUT2D eigenvalue weighted by Crippen LogP contribution is 2.18. The van der Waals surface area contributed by atoms with Gasteiger partial charge in [-0.25, -0.2) is 0 Å². The molecular weight excluding hydrogens is 160 g/mol. The summed E-state index contributed by atoms with van der Waals surface area (Å²) < 4.78 is 0. The number of hydrogen-bond donors (Lipinski definition) is 1. The Morgan fingerprint density at radius 3 is 2.77 bits per heavy atom. The van der Waals surface area contributed by atoms with Gasteiger partial charge in [0.05, 0.1) is 0 Å². The van der Waals surface area contributed by atoms with E-state index in [1.807, 2.05) is 0 Å². The first-order valence-electron chi connectivity index (χ1n) is 5.58. The van der Waals surface area contributed by atoms with E-state index in [0.29, 0.717) is 0 Å². The first kappa shape index (κ1) is 11.0. The molecule has 1 aliphatic heterocycles. The van der Waals surface area contributed by atoms with Crippen LogP contribution in [0.15, 0.2) is 0 Å². The zero-order valence-electron chi connectivity index (χ0n) is 9.34. The van der Waals surface area contributed by atoms with Gasteiger partial charge in [-0.05, 0) is 58.8 Å². The molecule has 2 unspecified atom stereocenters. The van der Waals surface area contributed by atoms with Crippen molar-refractivity contribution in [2.75, 3.05) is 27.2 Å². The van der Waals surface area contributed by atoms with Gasteiger partial charge in [0.2, 0.25) is 0 Å². The molecule has 13 heavy (non-hydrogen) atoms. The predicted molar refractivity (Wildman–Crippen MR) is 58.0 cm³/mol. The van der Waals surface area contributed by atoms with Crippen molar-refractivity contribution in [3.8, 4) is 0 Å². The average molecular weight is 184 g/mol. The number of nitrogens with zero attached hydrogens (tertiary/aromatic N) is 1. The molecule has 2 nitrogen and oxygen atoms in total. The average Bonchev–Trinajstić information content (AvgIpc) is 2.55. The van der Waals surface area contributed by atoms with Crippen LogP contribution in [-0.4, -0.2) is 38.1 Å². The molecule has 78 valence electrons. The van der Waals surface area contributed by atoms with Gasteiger partial charge in [-0.1, -0.05) is 6.92 Å². The molecule has 0 amide bonds. The molecule has 0 saturated carbocycles. The van der Waals surface area contributed by atoms with E-state index in [0.717, 1.165) is 12.0 Å². The summed E-state index contributed by atoms with van der Waals surface area (Å²) in [6.07, 6.45) is 5.48. The Hall–Kier alpha value is -0.0800. The van der Waals surface area contributed by atoms with Crippen LogP contribution >= 0.6 is 0 Å². The fraction of sp³-hybridized carbons (Fsp3) is 1.00. The quantitative estimate of drug-likeness (QED) is 0.700. The molecule has 1 heterocycles.